The van der Waals surface area contributed by atoms with E-state index < -0.39 is 40.7 Å². The molecule has 3 atom stereocenters. The number of alkyl halides is 3. The van der Waals surface area contributed by atoms with E-state index in [-0.39, 0.29) is 25.1 Å². The predicted molar refractivity (Wildman–Crippen MR) is 147 cm³/mol. The van der Waals surface area contributed by atoms with Crippen LogP contribution in [0.3, 0.4) is 0 Å². The monoisotopic (exact) mass is 576 g/mol. The zero-order valence-electron chi connectivity index (χ0n) is 22.2. The lowest BCUT2D eigenvalue weighted by Crippen LogP contribution is -2.33. The summed E-state index contributed by atoms with van der Waals surface area (Å²) in [5.41, 5.74) is 7.66. The average Bonchev–Trinajstić information content (AvgIpc) is 2.98. The summed E-state index contributed by atoms with van der Waals surface area (Å²) in [6, 6.07) is 13.7. The summed E-state index contributed by atoms with van der Waals surface area (Å²) in [7, 11) is -0.179. The van der Waals surface area contributed by atoms with Crippen molar-refractivity contribution in [2.75, 3.05) is 24.3 Å². The molecular formula is C28H31F3N4O4S. The highest BCUT2D eigenvalue weighted by molar-refractivity contribution is 7.82. The van der Waals surface area contributed by atoms with Crippen molar-refractivity contribution in [1.29, 1.82) is 0 Å². The molecule has 3 aromatic rings. The van der Waals surface area contributed by atoms with Crippen molar-refractivity contribution in [3.05, 3.63) is 82.4 Å². The van der Waals surface area contributed by atoms with Crippen LogP contribution in [-0.2, 0) is 28.5 Å². The topological polar surface area (TPSA) is 122 Å². The summed E-state index contributed by atoms with van der Waals surface area (Å²) in [6.07, 6.45) is -5.50. The molecule has 12 heteroatoms. The van der Waals surface area contributed by atoms with Crippen LogP contribution in [0.2, 0.25) is 0 Å². The van der Waals surface area contributed by atoms with Gasteiger partial charge in [-0.05, 0) is 60.4 Å². The van der Waals surface area contributed by atoms with Gasteiger partial charge in [0.05, 0.1) is 28.3 Å². The fraction of sp³-hybridized carbons (Fsp3) is 0.321. The largest absolute Gasteiger partial charge is 0.488 e. The van der Waals surface area contributed by atoms with Crippen molar-refractivity contribution < 1.29 is 32.0 Å². The third kappa shape index (κ3) is 6.08. The maximum Gasteiger partial charge on any atom is 0.416 e. The minimum absolute atomic E-state index is 0.116. The first-order valence-corrected chi connectivity index (χ1v) is 13.6. The molecule has 0 saturated carbocycles. The van der Waals surface area contributed by atoms with Crippen molar-refractivity contribution in [2.45, 2.75) is 49.9 Å². The Kier molecular flexibility index (Phi) is 8.43. The van der Waals surface area contributed by atoms with Gasteiger partial charge in [0.25, 0.3) is 0 Å². The first kappa shape index (κ1) is 29.4. The number of aliphatic carboxylic acids is 1. The van der Waals surface area contributed by atoms with E-state index >= 15 is 0 Å². The molecule has 0 spiro atoms. The lowest BCUT2D eigenvalue weighted by molar-refractivity contribution is -0.139. The zero-order chi connectivity index (χ0) is 29.4. The van der Waals surface area contributed by atoms with Crippen molar-refractivity contribution >= 4 is 28.3 Å². The Morgan fingerprint density at radius 1 is 1.23 bits per heavy atom. The molecule has 0 radical (unpaired) electrons. The van der Waals surface area contributed by atoms with Gasteiger partial charge in [-0.25, -0.2) is 14.4 Å². The van der Waals surface area contributed by atoms with Crippen LogP contribution in [0.25, 0.3) is 0 Å². The number of carboxylic acid groups (broad SMARTS) is 1. The maximum absolute atomic E-state index is 14.2. The van der Waals surface area contributed by atoms with Crippen LogP contribution in [-0.4, -0.2) is 39.3 Å². The molecule has 0 bridgehead atoms. The van der Waals surface area contributed by atoms with Crippen LogP contribution in [0.5, 0.6) is 5.75 Å². The molecule has 2 unspecified atom stereocenters. The normalized spacial score (nSPS) is 18.4. The number of nitrogens with zero attached hydrogens (tertiary/aromatic N) is 2. The van der Waals surface area contributed by atoms with Crippen LogP contribution < -0.4 is 21.3 Å². The number of hydrogen-bond donors (Lipinski definition) is 3. The molecule has 0 saturated heterocycles. The summed E-state index contributed by atoms with van der Waals surface area (Å²) in [5.74, 6) is 4.34. The summed E-state index contributed by atoms with van der Waals surface area (Å²) in [5, 5.41) is 11.0. The number of hydrazine groups is 1. The highest BCUT2D eigenvalue weighted by Gasteiger charge is 2.36. The molecule has 40 heavy (non-hydrogen) atoms. The lowest BCUT2D eigenvalue weighted by atomic mass is 9.84. The highest BCUT2D eigenvalue weighted by Crippen LogP contribution is 2.40. The highest BCUT2D eigenvalue weighted by atomic mass is 32.2. The molecular weight excluding hydrogens is 545 g/mol. The Hall–Kier alpha value is -3.61. The summed E-state index contributed by atoms with van der Waals surface area (Å²) in [6.45, 7) is 3.29. The van der Waals surface area contributed by atoms with Gasteiger partial charge in [-0.15, -0.1) is 0 Å². The Labute approximate surface area is 232 Å². The second-order valence-electron chi connectivity index (χ2n) is 9.84. The Morgan fingerprint density at radius 2 is 1.93 bits per heavy atom. The van der Waals surface area contributed by atoms with E-state index in [0.717, 1.165) is 6.07 Å². The van der Waals surface area contributed by atoms with Gasteiger partial charge in [0.15, 0.2) is 0 Å². The number of nitrogen functional groups attached to an aromatic ring is 1. The number of rotatable bonds is 7. The van der Waals surface area contributed by atoms with Crippen LogP contribution >= 0.6 is 0 Å². The van der Waals surface area contributed by atoms with E-state index in [0.29, 0.717) is 38.7 Å². The molecule has 214 valence electrons. The number of ether oxygens (including phenoxy) is 1. The van der Waals surface area contributed by atoms with Gasteiger partial charge in [-0.3, -0.25) is 4.79 Å². The summed E-state index contributed by atoms with van der Waals surface area (Å²) >= 11 is 0. The van der Waals surface area contributed by atoms with E-state index in [9.17, 15) is 27.3 Å². The zero-order valence-corrected chi connectivity index (χ0v) is 23.1. The SMILES string of the molecule is Cc1c(C(CC(=O)O)c2ccc(C(F)(F)F)c(CN3C[C@@H](C)Oc4ccccc4S3=O)c2)ccc(N(C)N)c1N. The molecule has 8 nitrogen and oxygen atoms in total. The Bertz CT molecular complexity index is 1450. The molecule has 0 fully saturated rings. The number of anilines is 2. The van der Waals surface area contributed by atoms with Crippen molar-refractivity contribution in [2.24, 2.45) is 5.84 Å². The van der Waals surface area contributed by atoms with E-state index in [1.807, 2.05) is 0 Å². The van der Waals surface area contributed by atoms with Gasteiger partial charge in [0.2, 0.25) is 0 Å². The quantitative estimate of drug-likeness (QED) is 0.209. The third-order valence-electron chi connectivity index (χ3n) is 6.91. The summed E-state index contributed by atoms with van der Waals surface area (Å²) < 4.78 is 63.2. The molecule has 0 amide bonds. The first-order chi connectivity index (χ1) is 18.8. The molecule has 4 rings (SSSR count). The molecule has 3 aromatic carbocycles. The smallest absolute Gasteiger partial charge is 0.416 e. The van der Waals surface area contributed by atoms with Crippen LogP contribution in [0.1, 0.15) is 47.1 Å². The number of hydrogen-bond acceptors (Lipinski definition) is 6. The van der Waals surface area contributed by atoms with Gasteiger partial charge in [0, 0.05) is 26.1 Å². The van der Waals surface area contributed by atoms with Crippen LogP contribution in [0, 0.1) is 6.92 Å². The number of carboxylic acids is 1. The van der Waals surface area contributed by atoms with E-state index in [4.69, 9.17) is 16.3 Å². The molecule has 5 N–H and O–H groups in total. The molecule has 0 aromatic heterocycles. The second kappa shape index (κ2) is 11.5. The van der Waals surface area contributed by atoms with E-state index in [2.05, 4.69) is 0 Å². The van der Waals surface area contributed by atoms with Crippen molar-refractivity contribution in [1.82, 2.24) is 4.31 Å². The minimum Gasteiger partial charge on any atom is -0.488 e. The number of fused-ring (bicyclic) bond motifs is 1. The Morgan fingerprint density at radius 3 is 2.58 bits per heavy atom. The van der Waals surface area contributed by atoms with Crippen LogP contribution in [0.4, 0.5) is 24.5 Å². The number of halogens is 3. The van der Waals surface area contributed by atoms with Crippen molar-refractivity contribution in [3.63, 3.8) is 0 Å². The Balaban J connectivity index is 1.81. The predicted octanol–water partition coefficient (Wildman–Crippen LogP) is 4.82. The second-order valence-corrected chi connectivity index (χ2v) is 11.3. The van der Waals surface area contributed by atoms with Gasteiger partial charge < -0.3 is 20.6 Å². The maximum atomic E-state index is 14.2. The third-order valence-corrected chi connectivity index (χ3v) is 8.37. The number of para-hydroxylation sites is 1. The van der Waals surface area contributed by atoms with E-state index in [1.54, 1.807) is 57.3 Å². The molecule has 1 aliphatic rings. The van der Waals surface area contributed by atoms with Gasteiger partial charge in [-0.1, -0.05) is 30.3 Å². The standard InChI is InChI=1S/C28H31F3N4O4S/c1-16-14-35(40(38)25-7-5-4-6-24(25)39-16)15-19-12-18(8-10-22(19)28(29,30)31)21(13-26(36)37)20-9-11-23(34(3)33)27(32)17(20)2/h4-12,16,21H,13-15,32-33H2,1-3H3,(H,36,37)/t16-,21?,40?/m1/s1. The summed E-state index contributed by atoms with van der Waals surface area (Å²) in [4.78, 5) is 12.3. The lowest BCUT2D eigenvalue weighted by Gasteiger charge is -2.26. The number of carbonyl (C=O) groups is 1. The van der Waals surface area contributed by atoms with Gasteiger partial charge in [-0.2, -0.15) is 13.2 Å². The number of benzene rings is 3. The van der Waals surface area contributed by atoms with Gasteiger partial charge >= 0.3 is 12.1 Å². The average molecular weight is 577 g/mol. The van der Waals surface area contributed by atoms with E-state index in [1.165, 1.54) is 21.4 Å². The molecule has 0 aliphatic carbocycles. The first-order valence-electron chi connectivity index (χ1n) is 12.5. The number of nitrogens with two attached hydrogens (primary N) is 2. The fourth-order valence-electron chi connectivity index (χ4n) is 4.99. The van der Waals surface area contributed by atoms with Crippen molar-refractivity contribution in [3.8, 4) is 5.75 Å². The van der Waals surface area contributed by atoms with Gasteiger partial charge in [0.1, 0.15) is 22.8 Å². The fourth-order valence-corrected chi connectivity index (χ4v) is 6.35. The molecule has 1 aliphatic heterocycles. The van der Waals surface area contributed by atoms with Crippen LogP contribution in [0.15, 0.2) is 59.5 Å². The minimum atomic E-state index is -4.68. The molecule has 1 heterocycles.